The van der Waals surface area contributed by atoms with Gasteiger partial charge in [0.1, 0.15) is 11.6 Å². The fourth-order valence-corrected chi connectivity index (χ4v) is 4.44. The van der Waals surface area contributed by atoms with Crippen LogP contribution in [0.4, 0.5) is 16.0 Å². The van der Waals surface area contributed by atoms with Gasteiger partial charge < -0.3 is 4.90 Å². The van der Waals surface area contributed by atoms with E-state index < -0.39 is 0 Å². The zero-order chi connectivity index (χ0) is 16.0. The molecule has 1 aromatic heterocycles. The van der Waals surface area contributed by atoms with Crippen LogP contribution in [0.3, 0.4) is 0 Å². The number of hydrogen-bond donors (Lipinski definition) is 0. The van der Waals surface area contributed by atoms with Crippen LogP contribution in [-0.2, 0) is 12.5 Å². The molecule has 3 aliphatic rings. The largest absolute Gasteiger partial charge is 0.314 e. The van der Waals surface area contributed by atoms with E-state index in [9.17, 15) is 4.39 Å². The maximum Gasteiger partial charge on any atom is 0.231 e. The molecule has 5 rings (SSSR count). The molecule has 2 aromatic rings. The molecule has 24 heavy (non-hydrogen) atoms. The smallest absolute Gasteiger partial charge is 0.231 e. The lowest BCUT2D eigenvalue weighted by Gasteiger charge is -2.45. The van der Waals surface area contributed by atoms with Gasteiger partial charge in [0, 0.05) is 25.2 Å². The number of hydrogen-bond acceptors (Lipinski definition) is 3. The number of halogens is 2. The van der Waals surface area contributed by atoms with Crippen LogP contribution < -0.4 is 4.90 Å². The third-order valence-electron chi connectivity index (χ3n) is 5.93. The van der Waals surface area contributed by atoms with E-state index in [-0.39, 0.29) is 23.6 Å². The van der Waals surface area contributed by atoms with Crippen molar-refractivity contribution in [3.63, 3.8) is 0 Å². The normalized spacial score (nSPS) is 25.4. The van der Waals surface area contributed by atoms with Crippen LogP contribution in [0.15, 0.2) is 24.3 Å². The van der Waals surface area contributed by atoms with Crippen LogP contribution in [-0.4, -0.2) is 21.8 Å². The Morgan fingerprint density at radius 3 is 2.25 bits per heavy atom. The summed E-state index contributed by atoms with van der Waals surface area (Å²) in [5.41, 5.74) is 1.14. The topological polar surface area (TPSA) is 34.0 Å². The second-order valence-corrected chi connectivity index (χ2v) is 7.18. The SMILES string of the molecule is CN(c1ccc(F)cc1)c1nnc(C23CCC(CC2)CC3)n1C.Cl. The highest BCUT2D eigenvalue weighted by atomic mass is 35.5. The second-order valence-electron chi connectivity index (χ2n) is 7.18. The fourth-order valence-electron chi connectivity index (χ4n) is 4.44. The quantitative estimate of drug-likeness (QED) is 0.824. The Labute approximate surface area is 148 Å². The van der Waals surface area contributed by atoms with Gasteiger partial charge in [-0.2, -0.15) is 0 Å². The Morgan fingerprint density at radius 2 is 1.67 bits per heavy atom. The molecule has 0 amide bonds. The van der Waals surface area contributed by atoms with E-state index in [2.05, 4.69) is 21.8 Å². The summed E-state index contributed by atoms with van der Waals surface area (Å²) >= 11 is 0. The molecule has 3 aliphatic carbocycles. The van der Waals surface area contributed by atoms with E-state index in [1.54, 1.807) is 12.1 Å². The van der Waals surface area contributed by atoms with E-state index >= 15 is 0 Å². The third-order valence-corrected chi connectivity index (χ3v) is 5.93. The average molecular weight is 351 g/mol. The van der Waals surface area contributed by atoms with Gasteiger partial charge in [0.2, 0.25) is 5.95 Å². The van der Waals surface area contributed by atoms with Gasteiger partial charge in [-0.25, -0.2) is 4.39 Å². The van der Waals surface area contributed by atoms with Crippen molar-refractivity contribution < 1.29 is 4.39 Å². The Morgan fingerprint density at radius 1 is 1.08 bits per heavy atom. The van der Waals surface area contributed by atoms with Crippen LogP contribution in [0.25, 0.3) is 0 Å². The molecule has 130 valence electrons. The molecule has 0 saturated heterocycles. The lowest BCUT2D eigenvalue weighted by atomic mass is 9.60. The molecule has 0 radical (unpaired) electrons. The standard InChI is InChI=1S/C18H23FN4.ClH/c1-22(15-5-3-14(19)4-6-15)17-21-20-16(23(17)2)18-10-7-13(8-11-18)9-12-18;/h3-6,13H,7-12H2,1-2H3;1H. The molecule has 0 aliphatic heterocycles. The van der Waals surface area contributed by atoms with Crippen LogP contribution >= 0.6 is 12.4 Å². The highest BCUT2D eigenvalue weighted by Gasteiger charge is 2.45. The zero-order valence-corrected chi connectivity index (χ0v) is 15.0. The first-order valence-electron chi connectivity index (χ1n) is 8.48. The molecule has 2 bridgehead atoms. The number of nitrogens with zero attached hydrogens (tertiary/aromatic N) is 4. The van der Waals surface area contributed by atoms with Crippen LogP contribution in [0.2, 0.25) is 0 Å². The first-order valence-corrected chi connectivity index (χ1v) is 8.48. The van der Waals surface area contributed by atoms with E-state index in [1.165, 1.54) is 50.7 Å². The molecule has 1 aromatic carbocycles. The first-order chi connectivity index (χ1) is 11.1. The van der Waals surface area contributed by atoms with Crippen molar-refractivity contribution in [3.05, 3.63) is 35.9 Å². The molecular formula is C18H24ClFN4. The summed E-state index contributed by atoms with van der Waals surface area (Å²) in [6.07, 6.45) is 7.71. The molecular weight excluding hydrogens is 327 g/mol. The Kier molecular flexibility index (Phi) is 4.56. The molecule has 6 heteroatoms. The lowest BCUT2D eigenvalue weighted by molar-refractivity contribution is 0.125. The van der Waals surface area contributed by atoms with Crippen molar-refractivity contribution in [2.24, 2.45) is 13.0 Å². The third kappa shape index (κ3) is 2.69. The Balaban J connectivity index is 0.00000169. The van der Waals surface area contributed by atoms with Crippen molar-refractivity contribution in [3.8, 4) is 0 Å². The minimum absolute atomic E-state index is 0. The minimum atomic E-state index is -0.223. The molecule has 0 spiro atoms. The molecule has 1 heterocycles. The average Bonchev–Trinajstić information content (AvgIpc) is 2.99. The van der Waals surface area contributed by atoms with Crippen molar-refractivity contribution in [2.75, 3.05) is 11.9 Å². The molecule has 0 N–H and O–H groups in total. The van der Waals surface area contributed by atoms with Gasteiger partial charge in [0.15, 0.2) is 0 Å². The summed E-state index contributed by atoms with van der Waals surface area (Å²) in [6.45, 7) is 0. The van der Waals surface area contributed by atoms with E-state index in [1.807, 2.05) is 11.9 Å². The van der Waals surface area contributed by atoms with Crippen molar-refractivity contribution in [1.82, 2.24) is 14.8 Å². The maximum absolute atomic E-state index is 13.1. The van der Waals surface area contributed by atoms with Crippen molar-refractivity contribution in [1.29, 1.82) is 0 Å². The van der Waals surface area contributed by atoms with E-state index in [0.717, 1.165) is 23.4 Å². The number of benzene rings is 1. The zero-order valence-electron chi connectivity index (χ0n) is 14.2. The summed E-state index contributed by atoms with van der Waals surface area (Å²) in [5.74, 6) is 2.65. The highest BCUT2D eigenvalue weighted by molar-refractivity contribution is 5.85. The second kappa shape index (κ2) is 6.36. The number of aromatic nitrogens is 3. The monoisotopic (exact) mass is 350 g/mol. The van der Waals surface area contributed by atoms with E-state index in [4.69, 9.17) is 0 Å². The highest BCUT2D eigenvalue weighted by Crippen LogP contribution is 2.51. The molecule has 0 unspecified atom stereocenters. The molecule has 3 fully saturated rings. The molecule has 0 atom stereocenters. The number of rotatable bonds is 3. The van der Waals surface area contributed by atoms with Gasteiger partial charge in [0.25, 0.3) is 0 Å². The summed E-state index contributed by atoms with van der Waals surface area (Å²) in [7, 11) is 4.01. The van der Waals surface area contributed by atoms with Crippen LogP contribution in [0.1, 0.15) is 44.3 Å². The van der Waals surface area contributed by atoms with Crippen LogP contribution in [0, 0.1) is 11.7 Å². The summed E-state index contributed by atoms with van der Waals surface area (Å²) in [5, 5.41) is 9.01. The van der Waals surface area contributed by atoms with Crippen molar-refractivity contribution in [2.45, 2.75) is 43.9 Å². The predicted octanol–water partition coefficient (Wildman–Crippen LogP) is 4.37. The summed E-state index contributed by atoms with van der Waals surface area (Å²) < 4.78 is 15.3. The summed E-state index contributed by atoms with van der Waals surface area (Å²) in [6, 6.07) is 6.50. The molecule has 4 nitrogen and oxygen atoms in total. The fraction of sp³-hybridized carbons (Fsp3) is 0.556. The minimum Gasteiger partial charge on any atom is -0.314 e. The number of anilines is 2. The number of fused-ring (bicyclic) bond motifs is 3. The lowest BCUT2D eigenvalue weighted by Crippen LogP contribution is -2.39. The van der Waals surface area contributed by atoms with Gasteiger partial charge in [-0.15, -0.1) is 22.6 Å². The van der Waals surface area contributed by atoms with Crippen molar-refractivity contribution >= 4 is 24.0 Å². The first kappa shape index (κ1) is 17.2. The molecule has 3 saturated carbocycles. The van der Waals surface area contributed by atoms with E-state index in [0.29, 0.717) is 0 Å². The van der Waals surface area contributed by atoms with Gasteiger partial charge in [-0.05, 0) is 68.7 Å². The Bertz CT molecular complexity index is 691. The summed E-state index contributed by atoms with van der Waals surface area (Å²) in [4.78, 5) is 1.97. The van der Waals surface area contributed by atoms with Crippen LogP contribution in [0.5, 0.6) is 0 Å². The predicted molar refractivity (Wildman–Crippen MR) is 95.6 cm³/mol. The Hall–Kier alpha value is -1.62. The van der Waals surface area contributed by atoms with Gasteiger partial charge in [0.05, 0.1) is 0 Å². The maximum atomic E-state index is 13.1. The van der Waals surface area contributed by atoms with Gasteiger partial charge >= 0.3 is 0 Å². The van der Waals surface area contributed by atoms with Gasteiger partial charge in [-0.3, -0.25) is 4.57 Å². The van der Waals surface area contributed by atoms with Gasteiger partial charge in [-0.1, -0.05) is 0 Å².